The summed E-state index contributed by atoms with van der Waals surface area (Å²) in [6.45, 7) is 1.47. The minimum absolute atomic E-state index is 0.0422. The monoisotopic (exact) mass is 399 g/mol. The molecule has 3 amide bonds. The SMILES string of the molecule is O=C(CCc1cccc(Cl)c1)NCc1ccc(C(=O)N2CCNC(=O)C2)cc1. The van der Waals surface area contributed by atoms with Gasteiger partial charge in [0, 0.05) is 36.6 Å². The summed E-state index contributed by atoms with van der Waals surface area (Å²) in [6, 6.07) is 14.6. The van der Waals surface area contributed by atoms with Crippen molar-refractivity contribution in [3.8, 4) is 0 Å². The van der Waals surface area contributed by atoms with E-state index in [4.69, 9.17) is 11.6 Å². The van der Waals surface area contributed by atoms with E-state index in [1.807, 2.05) is 30.3 Å². The van der Waals surface area contributed by atoms with Gasteiger partial charge in [0.2, 0.25) is 11.8 Å². The number of hydrogen-bond acceptors (Lipinski definition) is 3. The van der Waals surface area contributed by atoms with Crippen molar-refractivity contribution < 1.29 is 14.4 Å². The third-order valence-electron chi connectivity index (χ3n) is 4.55. The Morgan fingerprint density at radius 1 is 1.11 bits per heavy atom. The van der Waals surface area contributed by atoms with Crippen LogP contribution in [0.1, 0.15) is 27.9 Å². The van der Waals surface area contributed by atoms with Crippen LogP contribution in [0.4, 0.5) is 0 Å². The molecule has 1 fully saturated rings. The van der Waals surface area contributed by atoms with Gasteiger partial charge in [-0.05, 0) is 41.8 Å². The van der Waals surface area contributed by atoms with Crippen molar-refractivity contribution in [2.45, 2.75) is 19.4 Å². The number of benzene rings is 2. The largest absolute Gasteiger partial charge is 0.353 e. The third kappa shape index (κ3) is 5.57. The van der Waals surface area contributed by atoms with Gasteiger partial charge < -0.3 is 15.5 Å². The van der Waals surface area contributed by atoms with Crippen LogP contribution in [0.25, 0.3) is 0 Å². The predicted molar refractivity (Wildman–Crippen MR) is 107 cm³/mol. The van der Waals surface area contributed by atoms with Gasteiger partial charge in [0.05, 0.1) is 6.54 Å². The zero-order chi connectivity index (χ0) is 19.9. The van der Waals surface area contributed by atoms with E-state index in [0.29, 0.717) is 43.1 Å². The molecule has 0 spiro atoms. The lowest BCUT2D eigenvalue weighted by atomic mass is 10.1. The second-order valence-electron chi connectivity index (χ2n) is 6.68. The van der Waals surface area contributed by atoms with E-state index in [9.17, 15) is 14.4 Å². The van der Waals surface area contributed by atoms with Crippen molar-refractivity contribution in [2.24, 2.45) is 0 Å². The Morgan fingerprint density at radius 2 is 1.89 bits per heavy atom. The predicted octanol–water partition coefficient (Wildman–Crippen LogP) is 2.16. The number of halogens is 1. The van der Waals surface area contributed by atoms with Gasteiger partial charge in [-0.3, -0.25) is 14.4 Å². The Balaban J connectivity index is 1.46. The van der Waals surface area contributed by atoms with Gasteiger partial charge in [-0.15, -0.1) is 0 Å². The highest BCUT2D eigenvalue weighted by atomic mass is 35.5. The fraction of sp³-hybridized carbons (Fsp3) is 0.286. The van der Waals surface area contributed by atoms with E-state index >= 15 is 0 Å². The van der Waals surface area contributed by atoms with E-state index in [1.165, 1.54) is 4.90 Å². The van der Waals surface area contributed by atoms with E-state index < -0.39 is 0 Å². The Bertz CT molecular complexity index is 867. The average molecular weight is 400 g/mol. The summed E-state index contributed by atoms with van der Waals surface area (Å²) in [7, 11) is 0. The van der Waals surface area contributed by atoms with Gasteiger partial charge in [-0.2, -0.15) is 0 Å². The summed E-state index contributed by atoms with van der Waals surface area (Å²) in [5.41, 5.74) is 2.46. The molecule has 2 aromatic carbocycles. The molecule has 2 aromatic rings. The molecule has 6 nitrogen and oxygen atoms in total. The molecule has 1 aliphatic rings. The molecule has 0 bridgehead atoms. The number of rotatable bonds is 6. The van der Waals surface area contributed by atoms with Crippen molar-refractivity contribution in [3.05, 3.63) is 70.2 Å². The van der Waals surface area contributed by atoms with Gasteiger partial charge >= 0.3 is 0 Å². The van der Waals surface area contributed by atoms with Crippen molar-refractivity contribution in [1.82, 2.24) is 15.5 Å². The molecule has 0 aliphatic carbocycles. The number of carbonyl (C=O) groups is 3. The highest BCUT2D eigenvalue weighted by Crippen LogP contribution is 2.12. The van der Waals surface area contributed by atoms with E-state index in [0.717, 1.165) is 11.1 Å². The van der Waals surface area contributed by atoms with Crippen LogP contribution >= 0.6 is 11.6 Å². The number of carbonyl (C=O) groups excluding carboxylic acids is 3. The second-order valence-corrected chi connectivity index (χ2v) is 7.12. The minimum Gasteiger partial charge on any atom is -0.353 e. The van der Waals surface area contributed by atoms with Crippen LogP contribution in [-0.4, -0.2) is 42.3 Å². The number of hydrogen-bond donors (Lipinski definition) is 2. The Morgan fingerprint density at radius 3 is 2.61 bits per heavy atom. The normalized spacial score (nSPS) is 13.8. The smallest absolute Gasteiger partial charge is 0.254 e. The Kier molecular flexibility index (Phi) is 6.66. The molecule has 1 aliphatic heterocycles. The summed E-state index contributed by atoms with van der Waals surface area (Å²) in [5, 5.41) is 6.24. The number of nitrogens with one attached hydrogen (secondary N) is 2. The summed E-state index contributed by atoms with van der Waals surface area (Å²) in [5.74, 6) is -0.344. The molecular weight excluding hydrogens is 378 g/mol. The Hall–Kier alpha value is -2.86. The van der Waals surface area contributed by atoms with E-state index in [-0.39, 0.29) is 24.3 Å². The van der Waals surface area contributed by atoms with E-state index in [1.54, 1.807) is 18.2 Å². The highest BCUT2D eigenvalue weighted by molar-refractivity contribution is 6.30. The highest BCUT2D eigenvalue weighted by Gasteiger charge is 2.22. The van der Waals surface area contributed by atoms with Crippen molar-refractivity contribution in [2.75, 3.05) is 19.6 Å². The zero-order valence-electron chi connectivity index (χ0n) is 15.4. The molecule has 3 rings (SSSR count). The van der Waals surface area contributed by atoms with Crippen LogP contribution in [0.2, 0.25) is 5.02 Å². The molecule has 146 valence electrons. The first-order chi connectivity index (χ1) is 13.5. The maximum absolute atomic E-state index is 12.4. The van der Waals surface area contributed by atoms with Crippen LogP contribution in [0, 0.1) is 0 Å². The Labute approximate surface area is 168 Å². The first-order valence-corrected chi connectivity index (χ1v) is 9.55. The number of aryl methyl sites for hydroxylation is 1. The molecule has 0 radical (unpaired) electrons. The average Bonchev–Trinajstić information content (AvgIpc) is 2.70. The molecule has 0 aromatic heterocycles. The quantitative estimate of drug-likeness (QED) is 0.781. The lowest BCUT2D eigenvalue weighted by Gasteiger charge is -2.26. The van der Waals surface area contributed by atoms with Gasteiger partial charge in [0.25, 0.3) is 5.91 Å². The van der Waals surface area contributed by atoms with Crippen molar-refractivity contribution in [1.29, 1.82) is 0 Å². The topological polar surface area (TPSA) is 78.5 Å². The fourth-order valence-electron chi connectivity index (χ4n) is 3.00. The second kappa shape index (κ2) is 9.37. The van der Waals surface area contributed by atoms with Crippen LogP contribution in [0.5, 0.6) is 0 Å². The van der Waals surface area contributed by atoms with Crippen LogP contribution in [0.3, 0.4) is 0 Å². The summed E-state index contributed by atoms with van der Waals surface area (Å²) in [4.78, 5) is 37.4. The van der Waals surface area contributed by atoms with Crippen molar-refractivity contribution in [3.63, 3.8) is 0 Å². The molecule has 1 saturated heterocycles. The van der Waals surface area contributed by atoms with Crippen LogP contribution in [-0.2, 0) is 22.6 Å². The summed E-state index contributed by atoms with van der Waals surface area (Å²) < 4.78 is 0. The van der Waals surface area contributed by atoms with E-state index in [2.05, 4.69) is 10.6 Å². The standard InChI is InChI=1S/C21H22ClN3O3/c22-18-3-1-2-15(12-18)6-9-19(26)24-13-16-4-7-17(8-5-16)21(28)25-11-10-23-20(27)14-25/h1-5,7-8,12H,6,9-11,13-14H2,(H,23,27)(H,24,26). The zero-order valence-corrected chi connectivity index (χ0v) is 16.2. The van der Waals surface area contributed by atoms with Gasteiger partial charge in [-0.25, -0.2) is 0 Å². The molecule has 0 saturated carbocycles. The van der Waals surface area contributed by atoms with Crippen LogP contribution < -0.4 is 10.6 Å². The maximum Gasteiger partial charge on any atom is 0.254 e. The number of amides is 3. The molecule has 1 heterocycles. The molecule has 0 atom stereocenters. The molecule has 0 unspecified atom stereocenters. The lowest BCUT2D eigenvalue weighted by Crippen LogP contribution is -2.49. The van der Waals surface area contributed by atoms with Gasteiger partial charge in [0.15, 0.2) is 0 Å². The first kappa shape index (κ1) is 19.9. The molecular formula is C21H22ClN3O3. The number of piperazine rings is 1. The third-order valence-corrected chi connectivity index (χ3v) is 4.78. The van der Waals surface area contributed by atoms with Crippen LogP contribution in [0.15, 0.2) is 48.5 Å². The van der Waals surface area contributed by atoms with Gasteiger partial charge in [-0.1, -0.05) is 35.9 Å². The summed E-state index contributed by atoms with van der Waals surface area (Å²) >= 11 is 5.95. The first-order valence-electron chi connectivity index (χ1n) is 9.17. The van der Waals surface area contributed by atoms with Crippen molar-refractivity contribution >= 4 is 29.3 Å². The minimum atomic E-state index is -0.160. The molecule has 2 N–H and O–H groups in total. The maximum atomic E-state index is 12.4. The molecule has 28 heavy (non-hydrogen) atoms. The summed E-state index contributed by atoms with van der Waals surface area (Å²) in [6.07, 6.45) is 1.01. The molecule has 7 heteroatoms. The van der Waals surface area contributed by atoms with Gasteiger partial charge in [0.1, 0.15) is 0 Å². The lowest BCUT2D eigenvalue weighted by molar-refractivity contribution is -0.123. The number of nitrogens with zero attached hydrogens (tertiary/aromatic N) is 1. The fourth-order valence-corrected chi connectivity index (χ4v) is 3.21.